The maximum atomic E-state index is 12.7. The van der Waals surface area contributed by atoms with Gasteiger partial charge in [-0.2, -0.15) is 0 Å². The molecule has 5 nitrogen and oxygen atoms in total. The Morgan fingerprint density at radius 1 is 1.24 bits per heavy atom. The highest BCUT2D eigenvalue weighted by molar-refractivity contribution is 5.89. The molecule has 2 aromatic rings. The molecular weight excluding hydrogens is 314 g/mol. The fraction of sp³-hybridized carbons (Fsp3) is 0.400. The van der Waals surface area contributed by atoms with Crippen LogP contribution in [-0.4, -0.2) is 28.6 Å². The van der Waals surface area contributed by atoms with E-state index < -0.39 is 0 Å². The second-order valence-corrected chi connectivity index (χ2v) is 6.24. The van der Waals surface area contributed by atoms with Crippen LogP contribution in [-0.2, 0) is 11.3 Å². The summed E-state index contributed by atoms with van der Waals surface area (Å²) in [6.45, 7) is 9.13. The van der Waals surface area contributed by atoms with Crippen molar-refractivity contribution in [1.29, 1.82) is 0 Å². The van der Waals surface area contributed by atoms with Crippen molar-refractivity contribution in [2.75, 3.05) is 11.9 Å². The first-order valence-corrected chi connectivity index (χ1v) is 8.69. The average Bonchev–Trinajstić information content (AvgIpc) is 2.61. The summed E-state index contributed by atoms with van der Waals surface area (Å²) in [4.78, 5) is 18.6. The molecule has 134 valence electrons. The highest BCUT2D eigenvalue weighted by Crippen LogP contribution is 2.21. The number of urea groups is 1. The van der Waals surface area contributed by atoms with Crippen molar-refractivity contribution in [2.45, 2.75) is 46.4 Å². The van der Waals surface area contributed by atoms with Gasteiger partial charge < -0.3 is 15.0 Å². The number of hydrogen-bond acceptors (Lipinski definition) is 3. The first-order valence-electron chi connectivity index (χ1n) is 8.69. The molecule has 2 amide bonds. The zero-order chi connectivity index (χ0) is 18.2. The van der Waals surface area contributed by atoms with Crippen LogP contribution in [0.25, 0.3) is 0 Å². The van der Waals surface area contributed by atoms with E-state index in [0.29, 0.717) is 13.2 Å². The van der Waals surface area contributed by atoms with Crippen LogP contribution >= 0.6 is 0 Å². The molecule has 0 unspecified atom stereocenters. The summed E-state index contributed by atoms with van der Waals surface area (Å²) in [5.74, 6) is 0. The summed E-state index contributed by atoms with van der Waals surface area (Å²) in [6, 6.07) is 11.4. The van der Waals surface area contributed by atoms with E-state index in [9.17, 15) is 4.79 Å². The van der Waals surface area contributed by atoms with Gasteiger partial charge in [-0.15, -0.1) is 0 Å². The van der Waals surface area contributed by atoms with E-state index >= 15 is 0 Å². The fourth-order valence-electron chi connectivity index (χ4n) is 2.59. The van der Waals surface area contributed by atoms with Crippen LogP contribution in [0.4, 0.5) is 10.5 Å². The first-order chi connectivity index (χ1) is 12.0. The van der Waals surface area contributed by atoms with Crippen LogP contribution in [0.1, 0.15) is 44.9 Å². The van der Waals surface area contributed by atoms with Gasteiger partial charge in [0.1, 0.15) is 0 Å². The molecule has 1 N–H and O–H groups in total. The van der Waals surface area contributed by atoms with Gasteiger partial charge in [0.05, 0.1) is 18.8 Å². The second kappa shape index (κ2) is 9.18. The zero-order valence-corrected chi connectivity index (χ0v) is 15.4. The van der Waals surface area contributed by atoms with Crippen molar-refractivity contribution < 1.29 is 9.53 Å². The highest BCUT2D eigenvalue weighted by atomic mass is 16.5. The predicted molar refractivity (Wildman–Crippen MR) is 100 cm³/mol. The molecular formula is C20H27N3O2. The van der Waals surface area contributed by atoms with Crippen LogP contribution in [0.3, 0.4) is 0 Å². The van der Waals surface area contributed by atoms with E-state index in [1.54, 1.807) is 17.3 Å². The van der Waals surface area contributed by atoms with E-state index in [1.165, 1.54) is 0 Å². The molecule has 0 radical (unpaired) electrons. The van der Waals surface area contributed by atoms with E-state index in [1.807, 2.05) is 64.1 Å². The minimum atomic E-state index is -0.124. The molecule has 0 aliphatic rings. The first kappa shape index (κ1) is 18.9. The third-order valence-corrected chi connectivity index (χ3v) is 4.00. The standard InChI is InChI=1S/C20H27N3O2/c1-5-23(16(4)18-9-7-11-21-13-18)20(24)22-19-10-6-8-17(12-19)14-25-15(2)3/h6-13,15-16H,5,14H2,1-4H3,(H,22,24)/t16-/m0/s1. The molecule has 0 bridgehead atoms. The lowest BCUT2D eigenvalue weighted by Crippen LogP contribution is -2.36. The molecule has 0 fully saturated rings. The number of nitrogens with one attached hydrogen (secondary N) is 1. The Kier molecular flexibility index (Phi) is 6.95. The molecule has 1 aromatic heterocycles. The molecule has 25 heavy (non-hydrogen) atoms. The third kappa shape index (κ3) is 5.57. The van der Waals surface area contributed by atoms with Crippen LogP contribution < -0.4 is 5.32 Å². The van der Waals surface area contributed by atoms with E-state index in [-0.39, 0.29) is 18.2 Å². The molecule has 5 heteroatoms. The Morgan fingerprint density at radius 3 is 2.68 bits per heavy atom. The van der Waals surface area contributed by atoms with Crippen LogP contribution in [0.5, 0.6) is 0 Å². The number of benzene rings is 1. The Hall–Kier alpha value is -2.40. The van der Waals surface area contributed by atoms with Crippen molar-refractivity contribution in [3.63, 3.8) is 0 Å². The van der Waals surface area contributed by atoms with Gasteiger partial charge in [-0.3, -0.25) is 4.98 Å². The molecule has 0 aliphatic carbocycles. The normalized spacial score (nSPS) is 12.0. The largest absolute Gasteiger partial charge is 0.374 e. The number of carbonyl (C=O) groups excluding carboxylic acids is 1. The minimum absolute atomic E-state index is 0.0499. The lowest BCUT2D eigenvalue weighted by Gasteiger charge is -2.28. The van der Waals surface area contributed by atoms with Crippen LogP contribution in [0.15, 0.2) is 48.8 Å². The maximum Gasteiger partial charge on any atom is 0.322 e. The van der Waals surface area contributed by atoms with E-state index in [0.717, 1.165) is 16.8 Å². The third-order valence-electron chi connectivity index (χ3n) is 4.00. The van der Waals surface area contributed by atoms with Gasteiger partial charge in [-0.25, -0.2) is 4.79 Å². The SMILES string of the molecule is CCN(C(=O)Nc1cccc(COC(C)C)c1)[C@@H](C)c1cccnc1. The summed E-state index contributed by atoms with van der Waals surface area (Å²) >= 11 is 0. The van der Waals surface area contributed by atoms with Gasteiger partial charge in [-0.05, 0) is 57.0 Å². The number of carbonyl (C=O) groups is 1. The number of hydrogen-bond donors (Lipinski definition) is 1. The summed E-state index contributed by atoms with van der Waals surface area (Å²) in [7, 11) is 0. The smallest absolute Gasteiger partial charge is 0.322 e. The number of pyridine rings is 1. The lowest BCUT2D eigenvalue weighted by molar-refractivity contribution is 0.0657. The summed E-state index contributed by atoms with van der Waals surface area (Å²) in [5, 5.41) is 2.98. The molecule has 0 saturated heterocycles. The van der Waals surface area contributed by atoms with Gasteiger partial charge >= 0.3 is 6.03 Å². The Labute approximate surface area is 150 Å². The monoisotopic (exact) mass is 341 g/mol. The fourth-order valence-corrected chi connectivity index (χ4v) is 2.59. The van der Waals surface area contributed by atoms with Crippen LogP contribution in [0, 0.1) is 0 Å². The van der Waals surface area contributed by atoms with Gasteiger partial charge in [0, 0.05) is 24.6 Å². The molecule has 1 aromatic carbocycles. The number of ether oxygens (including phenoxy) is 1. The number of anilines is 1. The van der Waals surface area contributed by atoms with Crippen molar-refractivity contribution in [3.8, 4) is 0 Å². The van der Waals surface area contributed by atoms with E-state index in [2.05, 4.69) is 10.3 Å². The quantitative estimate of drug-likeness (QED) is 0.799. The molecule has 0 spiro atoms. The maximum absolute atomic E-state index is 12.7. The number of nitrogens with zero attached hydrogens (tertiary/aromatic N) is 2. The number of aromatic nitrogens is 1. The summed E-state index contributed by atoms with van der Waals surface area (Å²) in [5.41, 5.74) is 2.82. The van der Waals surface area contributed by atoms with Crippen molar-refractivity contribution in [2.24, 2.45) is 0 Å². The summed E-state index contributed by atoms with van der Waals surface area (Å²) in [6.07, 6.45) is 3.70. The van der Waals surface area contributed by atoms with Gasteiger partial charge in [0.25, 0.3) is 0 Å². The number of rotatable bonds is 7. The molecule has 1 heterocycles. The highest BCUT2D eigenvalue weighted by Gasteiger charge is 2.20. The van der Waals surface area contributed by atoms with Crippen LogP contribution in [0.2, 0.25) is 0 Å². The Bertz CT molecular complexity index is 674. The summed E-state index contributed by atoms with van der Waals surface area (Å²) < 4.78 is 5.62. The van der Waals surface area contributed by atoms with E-state index in [4.69, 9.17) is 4.74 Å². The van der Waals surface area contributed by atoms with Gasteiger partial charge in [-0.1, -0.05) is 18.2 Å². The molecule has 0 saturated carbocycles. The zero-order valence-electron chi connectivity index (χ0n) is 15.4. The van der Waals surface area contributed by atoms with Gasteiger partial charge in [0.2, 0.25) is 0 Å². The number of amides is 2. The molecule has 0 aliphatic heterocycles. The Balaban J connectivity index is 2.05. The second-order valence-electron chi connectivity index (χ2n) is 6.24. The van der Waals surface area contributed by atoms with Crippen molar-refractivity contribution in [3.05, 3.63) is 59.9 Å². The lowest BCUT2D eigenvalue weighted by atomic mass is 10.1. The van der Waals surface area contributed by atoms with Gasteiger partial charge in [0.15, 0.2) is 0 Å². The molecule has 1 atom stereocenters. The van der Waals surface area contributed by atoms with Crippen molar-refractivity contribution in [1.82, 2.24) is 9.88 Å². The minimum Gasteiger partial charge on any atom is -0.374 e. The topological polar surface area (TPSA) is 54.5 Å². The predicted octanol–water partition coefficient (Wildman–Crippen LogP) is 4.62. The molecule has 2 rings (SSSR count). The Morgan fingerprint density at radius 2 is 2.04 bits per heavy atom. The average molecular weight is 341 g/mol. The van der Waals surface area contributed by atoms with Crippen molar-refractivity contribution >= 4 is 11.7 Å².